The van der Waals surface area contributed by atoms with E-state index in [1.807, 2.05) is 36.7 Å². The van der Waals surface area contributed by atoms with Gasteiger partial charge in [0.1, 0.15) is 12.3 Å². The van der Waals surface area contributed by atoms with Crippen molar-refractivity contribution in [2.45, 2.75) is 6.54 Å². The van der Waals surface area contributed by atoms with E-state index in [2.05, 4.69) is 27.3 Å². The Kier molecular flexibility index (Phi) is 5.61. The molecule has 0 spiro atoms. The Balaban J connectivity index is 1.49. The predicted molar refractivity (Wildman–Crippen MR) is 99.4 cm³/mol. The zero-order chi connectivity index (χ0) is 16.8. The number of ether oxygens (including phenoxy) is 1. The van der Waals surface area contributed by atoms with Crippen LogP contribution in [0.5, 0.6) is 5.75 Å². The molecule has 126 valence electrons. The monoisotopic (exact) mass is 343 g/mol. The lowest BCUT2D eigenvalue weighted by Gasteiger charge is -2.33. The van der Waals surface area contributed by atoms with E-state index in [1.165, 1.54) is 5.56 Å². The highest BCUT2D eigenvalue weighted by Crippen LogP contribution is 2.17. The number of thiocarbonyl (C=S) groups is 1. The molecule has 0 unspecified atom stereocenters. The first-order valence-electron chi connectivity index (χ1n) is 8.17. The van der Waals surface area contributed by atoms with Crippen molar-refractivity contribution >= 4 is 23.0 Å². The van der Waals surface area contributed by atoms with E-state index in [1.54, 1.807) is 12.0 Å². The summed E-state index contributed by atoms with van der Waals surface area (Å²) in [6, 6.07) is 12.0. The summed E-state index contributed by atoms with van der Waals surface area (Å²) in [5.41, 5.74) is 2.30. The second-order valence-electron chi connectivity index (χ2n) is 5.93. The molecule has 1 aliphatic heterocycles. The molecule has 0 amide bonds. The zero-order valence-corrected chi connectivity index (χ0v) is 14.7. The van der Waals surface area contributed by atoms with Crippen molar-refractivity contribution in [1.82, 2.24) is 9.88 Å². The van der Waals surface area contributed by atoms with Gasteiger partial charge in [-0.25, -0.2) is 0 Å². The molecule has 1 aliphatic rings. The molecule has 2 N–H and O–H groups in total. The highest BCUT2D eigenvalue weighted by atomic mass is 32.1. The highest BCUT2D eigenvalue weighted by molar-refractivity contribution is 7.80. The lowest BCUT2D eigenvalue weighted by molar-refractivity contribution is -0.917. The Morgan fingerprint density at radius 2 is 2.00 bits per heavy atom. The van der Waals surface area contributed by atoms with Crippen molar-refractivity contribution < 1.29 is 9.64 Å². The van der Waals surface area contributed by atoms with E-state index in [0.717, 1.165) is 49.3 Å². The predicted octanol–water partition coefficient (Wildman–Crippen LogP) is 1.19. The number of piperazine rings is 1. The number of pyridine rings is 1. The normalized spacial score (nSPS) is 15.1. The molecule has 0 bridgehead atoms. The van der Waals surface area contributed by atoms with Gasteiger partial charge >= 0.3 is 0 Å². The maximum Gasteiger partial charge on any atom is 0.173 e. The van der Waals surface area contributed by atoms with Gasteiger partial charge < -0.3 is 19.9 Å². The van der Waals surface area contributed by atoms with Gasteiger partial charge in [0.15, 0.2) is 5.11 Å². The summed E-state index contributed by atoms with van der Waals surface area (Å²) in [6.45, 7) is 5.16. The number of rotatable bonds is 4. The minimum Gasteiger partial charge on any atom is -0.497 e. The van der Waals surface area contributed by atoms with Gasteiger partial charge in [0.2, 0.25) is 0 Å². The maximum atomic E-state index is 5.56. The second-order valence-corrected chi connectivity index (χ2v) is 6.32. The average molecular weight is 343 g/mol. The van der Waals surface area contributed by atoms with Crippen LogP contribution in [0.3, 0.4) is 0 Å². The lowest BCUT2D eigenvalue weighted by atomic mass is 10.2. The van der Waals surface area contributed by atoms with Crippen molar-refractivity contribution in [2.75, 3.05) is 38.6 Å². The SMILES string of the molecule is COc1cccc(NC(=S)N2CC[NH+](Cc3ccncc3)CC2)c1. The summed E-state index contributed by atoms with van der Waals surface area (Å²) in [4.78, 5) is 7.90. The largest absolute Gasteiger partial charge is 0.497 e. The van der Waals surface area contributed by atoms with E-state index in [-0.39, 0.29) is 0 Å². The van der Waals surface area contributed by atoms with Crippen molar-refractivity contribution in [3.8, 4) is 5.75 Å². The Bertz CT molecular complexity index is 672. The van der Waals surface area contributed by atoms with Crippen LogP contribution in [0.2, 0.25) is 0 Å². The van der Waals surface area contributed by atoms with Crippen LogP contribution in [0.4, 0.5) is 5.69 Å². The number of nitrogens with zero attached hydrogens (tertiary/aromatic N) is 2. The van der Waals surface area contributed by atoms with Crippen molar-refractivity contribution in [3.63, 3.8) is 0 Å². The number of quaternary nitrogens is 1. The average Bonchev–Trinajstić information content (AvgIpc) is 2.63. The van der Waals surface area contributed by atoms with Crippen LogP contribution in [-0.2, 0) is 6.54 Å². The molecule has 0 aliphatic carbocycles. The summed E-state index contributed by atoms with van der Waals surface area (Å²) in [6.07, 6.45) is 3.72. The van der Waals surface area contributed by atoms with Crippen LogP contribution < -0.4 is 15.0 Å². The third-order valence-corrected chi connectivity index (χ3v) is 4.64. The Labute approximate surface area is 148 Å². The molecule has 2 heterocycles. The number of methoxy groups -OCH3 is 1. The van der Waals surface area contributed by atoms with Crippen molar-refractivity contribution in [1.29, 1.82) is 0 Å². The molecule has 0 saturated carbocycles. The molecule has 0 radical (unpaired) electrons. The molecule has 5 nitrogen and oxygen atoms in total. The molecule has 24 heavy (non-hydrogen) atoms. The molecule has 3 rings (SSSR count). The van der Waals surface area contributed by atoms with Gasteiger partial charge in [0.25, 0.3) is 0 Å². The van der Waals surface area contributed by atoms with Crippen LogP contribution in [-0.4, -0.2) is 48.3 Å². The van der Waals surface area contributed by atoms with Crippen LogP contribution in [0.25, 0.3) is 0 Å². The molecular formula is C18H23N4OS+. The van der Waals surface area contributed by atoms with Crippen LogP contribution in [0.15, 0.2) is 48.8 Å². The number of benzene rings is 1. The summed E-state index contributed by atoms with van der Waals surface area (Å²) < 4.78 is 5.25. The third-order valence-electron chi connectivity index (χ3n) is 4.28. The first-order valence-corrected chi connectivity index (χ1v) is 8.58. The van der Waals surface area contributed by atoms with Crippen LogP contribution >= 0.6 is 12.2 Å². The first kappa shape index (κ1) is 16.7. The van der Waals surface area contributed by atoms with E-state index in [4.69, 9.17) is 17.0 Å². The summed E-state index contributed by atoms with van der Waals surface area (Å²) in [5.74, 6) is 0.828. The smallest absolute Gasteiger partial charge is 0.173 e. The topological polar surface area (TPSA) is 41.8 Å². The van der Waals surface area contributed by atoms with E-state index in [9.17, 15) is 0 Å². The Hall–Kier alpha value is -2.18. The number of hydrogen-bond acceptors (Lipinski definition) is 3. The summed E-state index contributed by atoms with van der Waals surface area (Å²) in [7, 11) is 1.67. The minimum absolute atomic E-state index is 0.784. The quantitative estimate of drug-likeness (QED) is 0.817. The summed E-state index contributed by atoms with van der Waals surface area (Å²) in [5, 5.41) is 4.09. The van der Waals surface area contributed by atoms with Crippen LogP contribution in [0.1, 0.15) is 5.56 Å². The number of nitrogens with one attached hydrogen (secondary N) is 2. The van der Waals surface area contributed by atoms with Crippen molar-refractivity contribution in [3.05, 3.63) is 54.4 Å². The lowest BCUT2D eigenvalue weighted by Crippen LogP contribution is -3.13. The summed E-state index contributed by atoms with van der Waals surface area (Å²) >= 11 is 5.56. The zero-order valence-electron chi connectivity index (χ0n) is 13.9. The Morgan fingerprint density at radius 3 is 2.71 bits per heavy atom. The first-order chi connectivity index (χ1) is 11.7. The molecular weight excluding hydrogens is 320 g/mol. The molecule has 1 fully saturated rings. The molecule has 1 saturated heterocycles. The number of aromatic nitrogens is 1. The fraction of sp³-hybridized carbons (Fsp3) is 0.333. The van der Waals surface area contributed by atoms with Gasteiger partial charge in [-0.2, -0.15) is 0 Å². The molecule has 2 aromatic rings. The third kappa shape index (κ3) is 4.43. The molecule has 6 heteroatoms. The van der Waals surface area contributed by atoms with E-state index >= 15 is 0 Å². The number of anilines is 1. The fourth-order valence-corrected chi connectivity index (χ4v) is 3.20. The molecule has 0 atom stereocenters. The number of hydrogen-bond donors (Lipinski definition) is 2. The van der Waals surface area contributed by atoms with Gasteiger partial charge in [-0.1, -0.05) is 6.07 Å². The van der Waals surface area contributed by atoms with E-state index < -0.39 is 0 Å². The van der Waals surface area contributed by atoms with Crippen molar-refractivity contribution in [2.24, 2.45) is 0 Å². The highest BCUT2D eigenvalue weighted by Gasteiger charge is 2.21. The van der Waals surface area contributed by atoms with Gasteiger partial charge in [0, 0.05) is 29.7 Å². The minimum atomic E-state index is 0.784. The van der Waals surface area contributed by atoms with Gasteiger partial charge in [-0.05, 0) is 36.5 Å². The molecule has 1 aromatic carbocycles. The van der Waals surface area contributed by atoms with Gasteiger partial charge in [-0.3, -0.25) is 4.98 Å². The van der Waals surface area contributed by atoms with E-state index in [0.29, 0.717) is 0 Å². The fourth-order valence-electron chi connectivity index (χ4n) is 2.90. The van der Waals surface area contributed by atoms with Gasteiger partial charge in [0.05, 0.1) is 33.3 Å². The maximum absolute atomic E-state index is 5.56. The van der Waals surface area contributed by atoms with Gasteiger partial charge in [-0.15, -0.1) is 0 Å². The second kappa shape index (κ2) is 8.08. The molecule has 1 aromatic heterocycles. The standard InChI is InChI=1S/C18H22N4OS/c1-23-17-4-2-3-16(13-17)20-18(24)22-11-9-21(10-12-22)14-15-5-7-19-8-6-15/h2-8,13H,9-12,14H2,1H3,(H,20,24)/p+1. The Morgan fingerprint density at radius 1 is 1.25 bits per heavy atom. The van der Waals surface area contributed by atoms with Crippen LogP contribution in [0, 0.1) is 0 Å².